The van der Waals surface area contributed by atoms with E-state index in [-0.39, 0.29) is 71.7 Å². The fourth-order valence-corrected chi connectivity index (χ4v) is 4.40. The van der Waals surface area contributed by atoms with Crippen LogP contribution in [0.25, 0.3) is 0 Å². The highest BCUT2D eigenvalue weighted by molar-refractivity contribution is 5.75. The van der Waals surface area contributed by atoms with Crippen molar-refractivity contribution in [1.82, 2.24) is 20.3 Å². The van der Waals surface area contributed by atoms with Gasteiger partial charge in [-0.15, -0.1) is 5.10 Å². The van der Waals surface area contributed by atoms with Crippen molar-refractivity contribution in [2.75, 3.05) is 79.4 Å². The first kappa shape index (κ1) is 44.0. The van der Waals surface area contributed by atoms with E-state index in [2.05, 4.69) is 20.4 Å². The summed E-state index contributed by atoms with van der Waals surface area (Å²) in [7, 11) is 0. The quantitative estimate of drug-likeness (QED) is 0.0187. The van der Waals surface area contributed by atoms with Gasteiger partial charge < -0.3 is 58.5 Å². The summed E-state index contributed by atoms with van der Waals surface area (Å²) in [5, 5.41) is 39.5. The summed E-state index contributed by atoms with van der Waals surface area (Å²) in [5.74, 6) is -14.7. The molecule has 0 radical (unpaired) electrons. The number of halogens is 5. The molecule has 1 aliphatic rings. The lowest BCUT2D eigenvalue weighted by Crippen LogP contribution is -2.50. The second kappa shape index (κ2) is 24.1. The number of carbonyl (C=O) groups is 2. The SMILES string of the molecule is O=C(CCOCCOCCC(=O)Oc1c(F)c(F)c(F)c(F)c1F)NCOCCOCCOCCn1cc(CCO[C@H]2C[C@@H](O)[C@@H](O)[C@@H](CO)O2)nn1. The van der Waals surface area contributed by atoms with E-state index in [4.69, 9.17) is 33.2 Å². The number of amides is 1. The minimum absolute atomic E-state index is 0.0155. The Hall–Kier alpha value is -3.45. The fourth-order valence-electron chi connectivity index (χ4n) is 4.40. The van der Waals surface area contributed by atoms with Crippen LogP contribution in [0.2, 0.25) is 0 Å². The van der Waals surface area contributed by atoms with Gasteiger partial charge in [-0.05, 0) is 0 Å². The van der Waals surface area contributed by atoms with E-state index in [9.17, 15) is 46.9 Å². The maximum absolute atomic E-state index is 13.6. The Morgan fingerprint density at radius 3 is 2.06 bits per heavy atom. The number of nitrogens with zero attached hydrogens (tertiary/aromatic N) is 3. The zero-order valence-corrected chi connectivity index (χ0v) is 28.6. The third kappa shape index (κ3) is 15.4. The van der Waals surface area contributed by atoms with Crippen LogP contribution >= 0.6 is 0 Å². The number of rotatable bonds is 26. The zero-order valence-electron chi connectivity index (χ0n) is 28.6. The molecule has 1 aromatic heterocycles. The molecule has 0 spiro atoms. The van der Waals surface area contributed by atoms with E-state index in [0.717, 1.165) is 0 Å². The molecular weight excluding hydrogens is 731 g/mol. The zero-order chi connectivity index (χ0) is 38.6. The summed E-state index contributed by atoms with van der Waals surface area (Å²) < 4.78 is 110. The van der Waals surface area contributed by atoms with Crippen LogP contribution in [-0.2, 0) is 55.7 Å². The molecule has 3 rings (SSSR count). The number of esters is 1. The van der Waals surface area contributed by atoms with Crippen molar-refractivity contribution in [3.8, 4) is 5.75 Å². The van der Waals surface area contributed by atoms with Crippen LogP contribution in [0.5, 0.6) is 5.75 Å². The Labute approximate surface area is 300 Å². The monoisotopic (exact) mass is 774 g/mol. The van der Waals surface area contributed by atoms with E-state index in [1.807, 2.05) is 0 Å². The van der Waals surface area contributed by atoms with E-state index in [1.165, 1.54) is 0 Å². The first-order chi connectivity index (χ1) is 25.5. The molecule has 53 heavy (non-hydrogen) atoms. The molecule has 0 bridgehead atoms. The number of benzene rings is 1. The summed E-state index contributed by atoms with van der Waals surface area (Å²) in [6.45, 7) is 1.57. The third-order valence-corrected chi connectivity index (χ3v) is 7.23. The van der Waals surface area contributed by atoms with Gasteiger partial charge in [0.15, 0.2) is 6.29 Å². The highest BCUT2D eigenvalue weighted by atomic mass is 19.2. The van der Waals surface area contributed by atoms with Gasteiger partial charge in [0.05, 0.1) is 104 Å². The van der Waals surface area contributed by atoms with Crippen molar-refractivity contribution in [3.05, 3.63) is 41.0 Å². The van der Waals surface area contributed by atoms with Gasteiger partial charge in [-0.3, -0.25) is 9.59 Å². The second-order valence-electron chi connectivity index (χ2n) is 11.1. The number of aliphatic hydroxyl groups is 3. The number of aromatic nitrogens is 3. The van der Waals surface area contributed by atoms with Gasteiger partial charge in [0.2, 0.25) is 40.7 Å². The standard InChI is InChI=1S/C31H43F5N4O13/c32-25-26(33)28(35)31(29(36)27(25)34)53-23(44)3-6-47-10-9-46-5-2-22(43)37-18-50-14-13-49-12-11-48-8-4-40-16-19(38-39-40)1-7-51-24-15-20(42)30(45)21(17-41)52-24/h16,20-21,24,30,41-42,45H,1-15,17-18H2,(H,37,43)/t20-,21-,24-,30-/m1/s1. The molecule has 300 valence electrons. The predicted molar refractivity (Wildman–Crippen MR) is 165 cm³/mol. The van der Waals surface area contributed by atoms with Crippen LogP contribution < -0.4 is 10.1 Å². The van der Waals surface area contributed by atoms with E-state index in [1.54, 1.807) is 10.9 Å². The Kier molecular flexibility index (Phi) is 19.9. The Balaban J connectivity index is 1.07. The Morgan fingerprint density at radius 1 is 0.811 bits per heavy atom. The lowest BCUT2D eigenvalue weighted by molar-refractivity contribution is -0.256. The molecule has 17 nitrogen and oxygen atoms in total. The Bertz CT molecular complexity index is 1380. The number of hydrogen-bond acceptors (Lipinski definition) is 15. The minimum Gasteiger partial charge on any atom is -0.420 e. The van der Waals surface area contributed by atoms with E-state index in [0.29, 0.717) is 38.5 Å². The molecule has 22 heteroatoms. The van der Waals surface area contributed by atoms with Crippen molar-refractivity contribution < 1.29 is 84.8 Å². The third-order valence-electron chi connectivity index (χ3n) is 7.23. The molecular formula is C31H43F5N4O13. The number of hydrogen-bond donors (Lipinski definition) is 4. The largest absolute Gasteiger partial charge is 0.420 e. The summed E-state index contributed by atoms with van der Waals surface area (Å²) in [4.78, 5) is 23.5. The molecule has 0 aliphatic carbocycles. The second-order valence-corrected chi connectivity index (χ2v) is 11.1. The molecule has 4 N–H and O–H groups in total. The number of aliphatic hydroxyl groups excluding tert-OH is 3. The van der Waals surface area contributed by atoms with Gasteiger partial charge in [0.25, 0.3) is 0 Å². The first-order valence-corrected chi connectivity index (χ1v) is 16.5. The van der Waals surface area contributed by atoms with Crippen LogP contribution in [0.1, 0.15) is 25.0 Å². The maximum Gasteiger partial charge on any atom is 0.313 e. The number of ether oxygens (including phenoxy) is 8. The molecule has 1 amide bonds. The van der Waals surface area contributed by atoms with Crippen LogP contribution in [0.15, 0.2) is 6.20 Å². The van der Waals surface area contributed by atoms with Crippen LogP contribution in [0.3, 0.4) is 0 Å². The fraction of sp³-hybridized carbons (Fsp3) is 0.677. The van der Waals surface area contributed by atoms with Crippen molar-refractivity contribution >= 4 is 11.9 Å². The average Bonchev–Trinajstić information content (AvgIpc) is 3.60. The van der Waals surface area contributed by atoms with Gasteiger partial charge in [0, 0.05) is 19.0 Å². The first-order valence-electron chi connectivity index (χ1n) is 16.5. The van der Waals surface area contributed by atoms with Gasteiger partial charge in [-0.2, -0.15) is 8.78 Å². The van der Waals surface area contributed by atoms with Crippen molar-refractivity contribution in [3.63, 3.8) is 0 Å². The van der Waals surface area contributed by atoms with Crippen molar-refractivity contribution in [1.29, 1.82) is 0 Å². The molecule has 1 aliphatic heterocycles. The Morgan fingerprint density at radius 2 is 1.40 bits per heavy atom. The molecule has 1 aromatic carbocycles. The predicted octanol–water partition coefficient (Wildman–Crippen LogP) is -0.0957. The summed E-state index contributed by atoms with van der Waals surface area (Å²) in [6.07, 6.45) is -2.09. The van der Waals surface area contributed by atoms with Crippen LogP contribution in [-0.4, -0.2) is 146 Å². The van der Waals surface area contributed by atoms with Gasteiger partial charge in [0.1, 0.15) is 18.9 Å². The molecule has 1 fully saturated rings. The van der Waals surface area contributed by atoms with Crippen molar-refractivity contribution in [2.45, 2.75) is 56.8 Å². The molecule has 0 saturated carbocycles. The molecule has 2 heterocycles. The van der Waals surface area contributed by atoms with E-state index >= 15 is 0 Å². The van der Waals surface area contributed by atoms with Gasteiger partial charge in [-0.1, -0.05) is 5.21 Å². The number of carbonyl (C=O) groups excluding carboxylic acids is 2. The lowest BCUT2D eigenvalue weighted by atomic mass is 10.0. The highest BCUT2D eigenvalue weighted by Gasteiger charge is 2.36. The van der Waals surface area contributed by atoms with E-state index < -0.39 is 78.4 Å². The maximum atomic E-state index is 13.6. The summed E-state index contributed by atoms with van der Waals surface area (Å²) in [6, 6.07) is 0. The smallest absolute Gasteiger partial charge is 0.313 e. The summed E-state index contributed by atoms with van der Waals surface area (Å²) in [5.41, 5.74) is 0.683. The number of nitrogens with one attached hydrogen (secondary N) is 1. The lowest BCUT2D eigenvalue weighted by Gasteiger charge is -2.35. The highest BCUT2D eigenvalue weighted by Crippen LogP contribution is 2.29. The van der Waals surface area contributed by atoms with Gasteiger partial charge >= 0.3 is 5.97 Å². The summed E-state index contributed by atoms with van der Waals surface area (Å²) >= 11 is 0. The molecule has 2 aromatic rings. The normalized spacial score (nSPS) is 18.7. The molecule has 1 saturated heterocycles. The van der Waals surface area contributed by atoms with Gasteiger partial charge in [-0.25, -0.2) is 17.9 Å². The van der Waals surface area contributed by atoms with Crippen molar-refractivity contribution in [2.24, 2.45) is 0 Å². The van der Waals surface area contributed by atoms with Crippen LogP contribution in [0, 0.1) is 29.1 Å². The topological polar surface area (TPSA) is 211 Å². The minimum atomic E-state index is -2.37. The average molecular weight is 775 g/mol. The van der Waals surface area contributed by atoms with Crippen LogP contribution in [0.4, 0.5) is 22.0 Å². The molecule has 0 unspecified atom stereocenters. The molecule has 4 atom stereocenters.